The Morgan fingerprint density at radius 3 is 0.767 bits per heavy atom. The van der Waals surface area contributed by atoms with Crippen molar-refractivity contribution in [3.63, 3.8) is 0 Å². The van der Waals surface area contributed by atoms with E-state index in [0.717, 1.165) is 167 Å². The van der Waals surface area contributed by atoms with Gasteiger partial charge in [0.1, 0.15) is 13.2 Å². The molecule has 1 atom stereocenters. The van der Waals surface area contributed by atoms with Crippen molar-refractivity contribution in [1.29, 1.82) is 0 Å². The topological polar surface area (TPSA) is 78.9 Å². The van der Waals surface area contributed by atoms with Gasteiger partial charge in [-0.05, 0) is 148 Å². The van der Waals surface area contributed by atoms with Crippen LogP contribution in [0.2, 0.25) is 0 Å². The number of hydrogen-bond acceptors (Lipinski definition) is 6. The fraction of sp³-hybridized carbons (Fsp3) is 0.537. The Morgan fingerprint density at radius 2 is 0.493 bits per heavy atom. The molecule has 0 aromatic rings. The van der Waals surface area contributed by atoms with Crippen LogP contribution in [0.1, 0.15) is 213 Å². The van der Waals surface area contributed by atoms with Gasteiger partial charge in [-0.15, -0.1) is 0 Å². The number of esters is 3. The third-order valence-electron chi connectivity index (χ3n) is 11.2. The summed E-state index contributed by atoms with van der Waals surface area (Å²) >= 11 is 0. The lowest BCUT2D eigenvalue weighted by Crippen LogP contribution is -2.30. The predicted molar refractivity (Wildman–Crippen MR) is 315 cm³/mol. The van der Waals surface area contributed by atoms with Gasteiger partial charge < -0.3 is 14.2 Å². The molecular formula is C67H102O6. The minimum Gasteiger partial charge on any atom is -0.462 e. The van der Waals surface area contributed by atoms with E-state index in [1.807, 2.05) is 0 Å². The fourth-order valence-corrected chi connectivity index (χ4v) is 7.01. The maximum atomic E-state index is 12.8. The summed E-state index contributed by atoms with van der Waals surface area (Å²) in [6, 6.07) is 0. The highest BCUT2D eigenvalue weighted by atomic mass is 16.6. The van der Waals surface area contributed by atoms with Crippen LogP contribution in [-0.2, 0) is 28.6 Å². The quantitative estimate of drug-likeness (QED) is 0.0261. The molecule has 0 aliphatic rings. The van der Waals surface area contributed by atoms with Gasteiger partial charge in [-0.1, -0.05) is 217 Å². The number of ether oxygens (including phenoxy) is 3. The van der Waals surface area contributed by atoms with Crippen molar-refractivity contribution in [3.05, 3.63) is 170 Å². The van der Waals surface area contributed by atoms with E-state index in [2.05, 4.69) is 191 Å². The Labute approximate surface area is 447 Å². The Hall–Kier alpha value is -5.23. The van der Waals surface area contributed by atoms with Gasteiger partial charge in [-0.25, -0.2) is 0 Å². The van der Waals surface area contributed by atoms with Gasteiger partial charge in [0.25, 0.3) is 0 Å². The van der Waals surface area contributed by atoms with Crippen molar-refractivity contribution in [2.75, 3.05) is 13.2 Å². The van der Waals surface area contributed by atoms with Gasteiger partial charge in [0.15, 0.2) is 6.10 Å². The van der Waals surface area contributed by atoms with E-state index in [4.69, 9.17) is 14.2 Å². The first kappa shape index (κ1) is 67.8. The van der Waals surface area contributed by atoms with Gasteiger partial charge in [0, 0.05) is 19.3 Å². The predicted octanol–water partition coefficient (Wildman–Crippen LogP) is 19.5. The van der Waals surface area contributed by atoms with Crippen LogP contribution in [0.3, 0.4) is 0 Å². The fourth-order valence-electron chi connectivity index (χ4n) is 7.01. The summed E-state index contributed by atoms with van der Waals surface area (Å²) in [5, 5.41) is 0. The third-order valence-corrected chi connectivity index (χ3v) is 11.2. The van der Waals surface area contributed by atoms with Gasteiger partial charge in [0.2, 0.25) is 0 Å². The maximum absolute atomic E-state index is 12.8. The first-order chi connectivity index (χ1) is 36.0. The summed E-state index contributed by atoms with van der Waals surface area (Å²) in [6.07, 6.45) is 87.8. The summed E-state index contributed by atoms with van der Waals surface area (Å²) in [5.74, 6) is -1.02. The molecule has 1 unspecified atom stereocenters. The molecule has 0 saturated heterocycles. The standard InChI is InChI=1S/C67H102O6/c1-4-7-10-13-16-19-22-25-26-27-28-29-30-31-32-33-34-35-36-37-38-39-40-43-45-48-51-54-57-60-66(69)72-63-64(73-67(70)61-58-55-52-49-46-42-24-21-18-15-12-9-6-3)62-71-65(68)59-56-53-50-47-44-41-23-20-17-14-11-8-5-2/h7-12,16-21,25-26,28-29,31-32,34-35,37-38,40-44,46,64H,4-6,13-15,22-24,27,30,33,36,39,45,47-63H2,1-3H3/b10-7-,11-8-,12-9-,19-16-,20-17-,21-18-,26-25-,29-28-,32-31-,35-34-,38-37-,43-40-,44-41-,46-42-. The van der Waals surface area contributed by atoms with Crippen LogP contribution in [0.25, 0.3) is 0 Å². The average molecular weight is 1000 g/mol. The molecule has 0 bridgehead atoms. The van der Waals surface area contributed by atoms with E-state index >= 15 is 0 Å². The van der Waals surface area contributed by atoms with Crippen molar-refractivity contribution >= 4 is 17.9 Å². The molecule has 0 radical (unpaired) electrons. The van der Waals surface area contributed by atoms with Crippen molar-refractivity contribution in [2.45, 2.75) is 219 Å². The van der Waals surface area contributed by atoms with Crippen LogP contribution < -0.4 is 0 Å². The lowest BCUT2D eigenvalue weighted by Gasteiger charge is -2.18. The van der Waals surface area contributed by atoms with Crippen LogP contribution >= 0.6 is 0 Å². The van der Waals surface area contributed by atoms with E-state index in [1.54, 1.807) is 0 Å². The number of allylic oxidation sites excluding steroid dienone is 28. The Morgan fingerprint density at radius 1 is 0.274 bits per heavy atom. The highest BCUT2D eigenvalue weighted by molar-refractivity contribution is 5.71. The molecule has 6 nitrogen and oxygen atoms in total. The smallest absolute Gasteiger partial charge is 0.306 e. The van der Waals surface area contributed by atoms with Gasteiger partial charge in [0.05, 0.1) is 0 Å². The van der Waals surface area contributed by atoms with E-state index in [-0.39, 0.29) is 37.5 Å². The molecule has 0 saturated carbocycles. The Balaban J connectivity index is 4.42. The van der Waals surface area contributed by atoms with E-state index in [0.29, 0.717) is 19.3 Å². The second kappa shape index (κ2) is 59.3. The first-order valence-corrected chi connectivity index (χ1v) is 28.6. The number of carbonyl (C=O) groups is 3. The van der Waals surface area contributed by atoms with Crippen LogP contribution in [0, 0.1) is 0 Å². The van der Waals surface area contributed by atoms with Crippen molar-refractivity contribution in [3.8, 4) is 0 Å². The SMILES string of the molecule is CC/C=C\C/C=C\C/C=C\C/C=C\C/C=C\C/C=C\C/C=C\C/C=C\CCCCCCC(=O)OCC(COC(=O)CCCCC/C=C\C/C=C\C/C=C\CC)OC(=O)CCCCC/C=C\C/C=C\C/C=C\CC. The minimum atomic E-state index is -0.825. The highest BCUT2D eigenvalue weighted by Crippen LogP contribution is 2.12. The number of rotatable bonds is 49. The third kappa shape index (κ3) is 57.5. The van der Waals surface area contributed by atoms with E-state index < -0.39 is 6.10 Å². The van der Waals surface area contributed by atoms with Crippen molar-refractivity contribution < 1.29 is 28.6 Å². The molecule has 406 valence electrons. The largest absolute Gasteiger partial charge is 0.462 e. The van der Waals surface area contributed by atoms with Crippen LogP contribution in [0.5, 0.6) is 0 Å². The molecule has 0 fully saturated rings. The maximum Gasteiger partial charge on any atom is 0.306 e. The van der Waals surface area contributed by atoms with Crippen LogP contribution in [-0.4, -0.2) is 37.2 Å². The minimum absolute atomic E-state index is 0.121. The van der Waals surface area contributed by atoms with E-state index in [9.17, 15) is 14.4 Å². The molecular weight excluding hydrogens is 901 g/mol. The molecule has 0 N–H and O–H groups in total. The summed E-state index contributed by atoms with van der Waals surface area (Å²) in [7, 11) is 0. The lowest BCUT2D eigenvalue weighted by atomic mass is 10.1. The molecule has 0 aliphatic heterocycles. The van der Waals surface area contributed by atoms with Crippen molar-refractivity contribution in [2.24, 2.45) is 0 Å². The summed E-state index contributed by atoms with van der Waals surface area (Å²) in [4.78, 5) is 38.1. The highest BCUT2D eigenvalue weighted by Gasteiger charge is 2.19. The number of unbranched alkanes of at least 4 members (excludes halogenated alkanes) is 10. The first-order valence-electron chi connectivity index (χ1n) is 28.6. The van der Waals surface area contributed by atoms with E-state index in [1.165, 1.54) is 0 Å². The molecule has 73 heavy (non-hydrogen) atoms. The molecule has 0 aromatic heterocycles. The molecule has 6 heteroatoms. The van der Waals surface area contributed by atoms with Gasteiger partial charge in [-0.3, -0.25) is 14.4 Å². The zero-order chi connectivity index (χ0) is 52.9. The Kier molecular flexibility index (Phi) is 55.1. The summed E-state index contributed by atoms with van der Waals surface area (Å²) < 4.78 is 16.7. The number of carbonyl (C=O) groups excluding carboxylic acids is 3. The van der Waals surface area contributed by atoms with Gasteiger partial charge in [-0.2, -0.15) is 0 Å². The lowest BCUT2D eigenvalue weighted by molar-refractivity contribution is -0.167. The normalized spacial score (nSPS) is 13.4. The summed E-state index contributed by atoms with van der Waals surface area (Å²) in [6.45, 7) is 6.19. The number of hydrogen-bond donors (Lipinski definition) is 0. The van der Waals surface area contributed by atoms with Crippen LogP contribution in [0.15, 0.2) is 170 Å². The van der Waals surface area contributed by atoms with Gasteiger partial charge >= 0.3 is 17.9 Å². The summed E-state index contributed by atoms with van der Waals surface area (Å²) in [5.41, 5.74) is 0. The van der Waals surface area contributed by atoms with Crippen molar-refractivity contribution in [1.82, 2.24) is 0 Å². The zero-order valence-electron chi connectivity index (χ0n) is 46.3. The average Bonchev–Trinajstić information content (AvgIpc) is 3.39. The second-order valence-electron chi connectivity index (χ2n) is 18.0. The molecule has 0 rings (SSSR count). The molecule has 0 aliphatic carbocycles. The molecule has 0 aromatic carbocycles. The zero-order valence-corrected chi connectivity index (χ0v) is 46.3. The Bertz CT molecular complexity index is 1720. The van der Waals surface area contributed by atoms with Crippen LogP contribution in [0.4, 0.5) is 0 Å². The molecule has 0 amide bonds. The monoisotopic (exact) mass is 1000 g/mol. The second-order valence-corrected chi connectivity index (χ2v) is 18.0. The molecule has 0 heterocycles. The molecule has 0 spiro atoms.